The zero-order valence-electron chi connectivity index (χ0n) is 12.8. The molecule has 6 nitrogen and oxygen atoms in total. The fourth-order valence-corrected chi connectivity index (χ4v) is 2.70. The lowest BCUT2D eigenvalue weighted by Crippen LogP contribution is -2.40. The van der Waals surface area contributed by atoms with Crippen LogP contribution in [0.5, 0.6) is 0 Å². The molecule has 0 fully saturated rings. The largest absolute Gasteiger partial charge is 0.271 e. The van der Waals surface area contributed by atoms with Crippen LogP contribution in [0.4, 0.5) is 0 Å². The Hall–Kier alpha value is -2.41. The van der Waals surface area contributed by atoms with Crippen LogP contribution in [0, 0.1) is 0 Å². The zero-order valence-corrected chi connectivity index (χ0v) is 14.3. The molecule has 0 aliphatic carbocycles. The van der Waals surface area contributed by atoms with Gasteiger partial charge in [0, 0.05) is 0 Å². The summed E-state index contributed by atoms with van der Waals surface area (Å²) >= 11 is 11.7. The average molecular weight is 379 g/mol. The first kappa shape index (κ1) is 17.4. The van der Waals surface area contributed by atoms with E-state index in [-0.39, 0.29) is 27.8 Å². The molecule has 1 N–H and O–H groups in total. The van der Waals surface area contributed by atoms with Crippen molar-refractivity contribution >= 4 is 40.9 Å². The Labute approximate surface area is 153 Å². The van der Waals surface area contributed by atoms with Crippen LogP contribution in [0.15, 0.2) is 42.5 Å². The van der Waals surface area contributed by atoms with Gasteiger partial charge >= 0.3 is 0 Å². The van der Waals surface area contributed by atoms with Gasteiger partial charge in [-0.2, -0.15) is 0 Å². The highest BCUT2D eigenvalue weighted by molar-refractivity contribution is 6.43. The summed E-state index contributed by atoms with van der Waals surface area (Å²) < 4.78 is 0. The van der Waals surface area contributed by atoms with Gasteiger partial charge in [0.25, 0.3) is 17.7 Å². The molecule has 8 heteroatoms. The van der Waals surface area contributed by atoms with E-state index >= 15 is 0 Å². The predicted octanol–water partition coefficient (Wildman–Crippen LogP) is 2.84. The lowest BCUT2D eigenvalue weighted by molar-refractivity contribution is -0.134. The van der Waals surface area contributed by atoms with Crippen molar-refractivity contribution in [2.24, 2.45) is 0 Å². The number of amides is 3. The highest BCUT2D eigenvalue weighted by Crippen LogP contribution is 2.31. The van der Waals surface area contributed by atoms with Crippen LogP contribution in [-0.2, 0) is 16.2 Å². The number of hydroxylamine groups is 1. The second kappa shape index (κ2) is 7.23. The van der Waals surface area contributed by atoms with Gasteiger partial charge in [0.1, 0.15) is 6.54 Å². The lowest BCUT2D eigenvalue weighted by atomic mass is 10.1. The molecule has 0 spiro atoms. The second-order valence-electron chi connectivity index (χ2n) is 5.31. The molecule has 0 saturated heterocycles. The van der Waals surface area contributed by atoms with Crippen molar-refractivity contribution in [1.29, 1.82) is 0 Å². The molecule has 0 saturated carbocycles. The molecule has 0 aromatic heterocycles. The van der Waals surface area contributed by atoms with Crippen LogP contribution in [0.2, 0.25) is 10.0 Å². The van der Waals surface area contributed by atoms with E-state index in [1.165, 1.54) is 12.1 Å². The number of hydrogen-bond acceptors (Lipinski definition) is 4. The smallest absolute Gasteiger partial charge is 0.263 e. The quantitative estimate of drug-likeness (QED) is 0.640. The van der Waals surface area contributed by atoms with Crippen molar-refractivity contribution in [1.82, 2.24) is 10.4 Å². The van der Waals surface area contributed by atoms with Crippen LogP contribution in [0.1, 0.15) is 26.3 Å². The van der Waals surface area contributed by atoms with Crippen LogP contribution >= 0.6 is 23.2 Å². The van der Waals surface area contributed by atoms with E-state index in [1.807, 2.05) is 30.3 Å². The predicted molar refractivity (Wildman–Crippen MR) is 91.2 cm³/mol. The maximum absolute atomic E-state index is 12.3. The lowest BCUT2D eigenvalue weighted by Gasteiger charge is -2.13. The summed E-state index contributed by atoms with van der Waals surface area (Å²) in [5, 5.41) is 0.332. The van der Waals surface area contributed by atoms with Crippen molar-refractivity contribution in [3.05, 3.63) is 69.2 Å². The minimum Gasteiger partial charge on any atom is -0.271 e. The molecule has 2 aromatic carbocycles. The van der Waals surface area contributed by atoms with Crippen molar-refractivity contribution < 1.29 is 19.2 Å². The normalized spacial score (nSPS) is 13.1. The molecule has 0 atom stereocenters. The van der Waals surface area contributed by atoms with Crippen molar-refractivity contribution in [2.75, 3.05) is 6.54 Å². The Morgan fingerprint density at radius 2 is 1.56 bits per heavy atom. The number of hydrogen-bond donors (Lipinski definition) is 1. The van der Waals surface area contributed by atoms with Gasteiger partial charge in [0.2, 0.25) is 0 Å². The molecule has 25 heavy (non-hydrogen) atoms. The summed E-state index contributed by atoms with van der Waals surface area (Å²) in [6, 6.07) is 11.9. The number of carbonyl (C=O) groups is 3. The highest BCUT2D eigenvalue weighted by Gasteiger charge is 2.37. The molecule has 0 bridgehead atoms. The summed E-state index contributed by atoms with van der Waals surface area (Å²) in [7, 11) is 0. The van der Waals surface area contributed by atoms with Gasteiger partial charge in [-0.3, -0.25) is 24.1 Å². The monoisotopic (exact) mass is 378 g/mol. The van der Waals surface area contributed by atoms with Gasteiger partial charge in [-0.1, -0.05) is 53.5 Å². The first-order valence-corrected chi connectivity index (χ1v) is 8.02. The third kappa shape index (κ3) is 3.66. The number of halogens is 2. The van der Waals surface area contributed by atoms with Gasteiger partial charge in [-0.05, 0) is 17.7 Å². The van der Waals surface area contributed by atoms with Crippen molar-refractivity contribution in [2.45, 2.75) is 6.61 Å². The summed E-state index contributed by atoms with van der Waals surface area (Å²) in [6.07, 6.45) is 0. The minimum absolute atomic E-state index is 0.123. The molecule has 2 aromatic rings. The van der Waals surface area contributed by atoms with Gasteiger partial charge in [-0.25, -0.2) is 5.48 Å². The van der Waals surface area contributed by atoms with E-state index in [4.69, 9.17) is 28.0 Å². The Morgan fingerprint density at radius 1 is 1.00 bits per heavy atom. The molecular formula is C17H12Cl2N2O4. The van der Waals surface area contributed by atoms with Crippen molar-refractivity contribution in [3.8, 4) is 0 Å². The molecule has 1 aliphatic rings. The van der Waals surface area contributed by atoms with Crippen molar-refractivity contribution in [3.63, 3.8) is 0 Å². The number of fused-ring (bicyclic) bond motifs is 1. The van der Waals surface area contributed by atoms with E-state index in [1.54, 1.807) is 0 Å². The summed E-state index contributed by atoms with van der Waals surface area (Å²) in [5.74, 6) is -1.82. The third-order valence-corrected chi connectivity index (χ3v) is 4.30. The first-order valence-electron chi connectivity index (χ1n) is 7.27. The Morgan fingerprint density at radius 3 is 2.12 bits per heavy atom. The van der Waals surface area contributed by atoms with Gasteiger partial charge in [0.15, 0.2) is 0 Å². The molecule has 3 amide bonds. The van der Waals surface area contributed by atoms with Crippen LogP contribution in [0.3, 0.4) is 0 Å². The van der Waals surface area contributed by atoms with Crippen LogP contribution in [0.25, 0.3) is 0 Å². The first-order chi connectivity index (χ1) is 12.0. The molecule has 1 aliphatic heterocycles. The average Bonchev–Trinajstić information content (AvgIpc) is 2.81. The standard InChI is InChI=1S/C17H12Cl2N2O4/c18-13-6-11-12(7-14(13)19)17(24)21(16(11)23)8-15(22)20-25-9-10-4-2-1-3-5-10/h1-7H,8-9H2,(H,20,22). The number of nitrogens with zero attached hydrogens (tertiary/aromatic N) is 1. The van der Waals surface area contributed by atoms with Gasteiger partial charge in [0.05, 0.1) is 27.8 Å². The number of imide groups is 1. The highest BCUT2D eigenvalue weighted by atomic mass is 35.5. The molecule has 0 radical (unpaired) electrons. The topological polar surface area (TPSA) is 75.7 Å². The maximum atomic E-state index is 12.3. The third-order valence-electron chi connectivity index (χ3n) is 3.58. The maximum Gasteiger partial charge on any atom is 0.263 e. The summed E-state index contributed by atoms with van der Waals surface area (Å²) in [6.45, 7) is -0.295. The number of nitrogens with one attached hydrogen (secondary N) is 1. The summed E-state index contributed by atoms with van der Waals surface area (Å²) in [5.41, 5.74) is 3.33. The second-order valence-corrected chi connectivity index (χ2v) is 6.12. The van der Waals surface area contributed by atoms with Crippen LogP contribution < -0.4 is 5.48 Å². The fourth-order valence-electron chi connectivity index (χ4n) is 2.38. The van der Waals surface area contributed by atoms with E-state index < -0.39 is 24.3 Å². The molecule has 0 unspecified atom stereocenters. The Balaban J connectivity index is 1.60. The minimum atomic E-state index is -0.623. The molecular weight excluding hydrogens is 367 g/mol. The zero-order chi connectivity index (χ0) is 18.0. The SMILES string of the molecule is O=C(CN1C(=O)c2cc(Cl)c(Cl)cc2C1=O)NOCc1ccccc1. The van der Waals surface area contributed by atoms with E-state index in [0.29, 0.717) is 0 Å². The van der Waals surface area contributed by atoms with E-state index in [2.05, 4.69) is 5.48 Å². The van der Waals surface area contributed by atoms with Gasteiger partial charge in [-0.15, -0.1) is 0 Å². The molecule has 128 valence electrons. The van der Waals surface area contributed by atoms with Crippen LogP contribution in [-0.4, -0.2) is 29.2 Å². The Bertz CT molecular complexity index is 814. The number of rotatable bonds is 5. The fraction of sp³-hybridized carbons (Fsp3) is 0.118. The van der Waals surface area contributed by atoms with Gasteiger partial charge < -0.3 is 0 Å². The molecule has 3 rings (SSSR count). The molecule has 1 heterocycles. The number of benzene rings is 2. The van der Waals surface area contributed by atoms with E-state index in [9.17, 15) is 14.4 Å². The summed E-state index contributed by atoms with van der Waals surface area (Å²) in [4.78, 5) is 42.4. The van der Waals surface area contributed by atoms with E-state index in [0.717, 1.165) is 10.5 Å². The number of carbonyl (C=O) groups excluding carboxylic acids is 3. The Kier molecular flexibility index (Phi) is 5.03.